The van der Waals surface area contributed by atoms with Gasteiger partial charge in [0.15, 0.2) is 5.13 Å². The van der Waals surface area contributed by atoms with E-state index in [2.05, 4.69) is 4.98 Å². The summed E-state index contributed by atoms with van der Waals surface area (Å²) >= 11 is 1.30. The van der Waals surface area contributed by atoms with Crippen LogP contribution in [0.15, 0.2) is 5.38 Å². The minimum Gasteiger partial charge on any atom is -0.364 e. The molecule has 2 N–H and O–H groups in total. The summed E-state index contributed by atoms with van der Waals surface area (Å²) in [6, 6.07) is 0. The second kappa shape index (κ2) is 4.82. The molecule has 1 unspecified atom stereocenters. The van der Waals surface area contributed by atoms with E-state index in [9.17, 15) is 13.2 Å². The average molecular weight is 291 g/mol. The molecule has 0 saturated carbocycles. The summed E-state index contributed by atoms with van der Waals surface area (Å²) in [5.74, 6) is -0.569. The van der Waals surface area contributed by atoms with Crippen molar-refractivity contribution < 1.29 is 17.4 Å². The second-order valence-electron chi connectivity index (χ2n) is 4.04. The lowest BCUT2D eigenvalue weighted by Gasteiger charge is -2.14. The van der Waals surface area contributed by atoms with Gasteiger partial charge in [0, 0.05) is 18.5 Å². The van der Waals surface area contributed by atoms with Gasteiger partial charge in [0.05, 0.1) is 12.4 Å². The van der Waals surface area contributed by atoms with Crippen molar-refractivity contribution in [2.24, 2.45) is 5.73 Å². The minimum absolute atomic E-state index is 0.225. The highest BCUT2D eigenvalue weighted by Crippen LogP contribution is 2.25. The van der Waals surface area contributed by atoms with E-state index in [1.165, 1.54) is 11.3 Å². The molecule has 0 radical (unpaired) electrons. The fourth-order valence-electron chi connectivity index (χ4n) is 1.75. The molecule has 1 aliphatic heterocycles. The molecule has 7 nitrogen and oxygen atoms in total. The zero-order valence-corrected chi connectivity index (χ0v) is 11.3. The Balaban J connectivity index is 2.02. The number of thiazole rings is 1. The lowest BCUT2D eigenvalue weighted by atomic mass is 10.3. The van der Waals surface area contributed by atoms with Gasteiger partial charge in [-0.3, -0.25) is 8.98 Å². The lowest BCUT2D eigenvalue weighted by molar-refractivity contribution is 0.0996. The van der Waals surface area contributed by atoms with Gasteiger partial charge in [-0.25, -0.2) is 4.98 Å². The molecule has 1 atom stereocenters. The first-order valence-electron chi connectivity index (χ1n) is 5.24. The van der Waals surface area contributed by atoms with Crippen molar-refractivity contribution in [1.29, 1.82) is 0 Å². The molecular weight excluding hydrogens is 278 g/mol. The number of anilines is 1. The molecule has 1 aliphatic rings. The maximum Gasteiger partial charge on any atom is 0.268 e. The fraction of sp³-hybridized carbons (Fsp3) is 0.556. The third-order valence-corrected chi connectivity index (χ3v) is 3.99. The van der Waals surface area contributed by atoms with Crippen molar-refractivity contribution in [3.63, 3.8) is 0 Å². The van der Waals surface area contributed by atoms with Crippen molar-refractivity contribution >= 4 is 32.5 Å². The van der Waals surface area contributed by atoms with Gasteiger partial charge in [0.25, 0.3) is 16.0 Å². The van der Waals surface area contributed by atoms with Crippen LogP contribution in [-0.2, 0) is 14.3 Å². The van der Waals surface area contributed by atoms with Crippen LogP contribution in [0.5, 0.6) is 0 Å². The molecule has 0 bridgehead atoms. The van der Waals surface area contributed by atoms with Crippen molar-refractivity contribution in [2.45, 2.75) is 12.5 Å². The molecule has 0 spiro atoms. The van der Waals surface area contributed by atoms with Crippen LogP contribution in [0.3, 0.4) is 0 Å². The number of amides is 1. The van der Waals surface area contributed by atoms with E-state index in [0.717, 1.165) is 6.26 Å². The highest BCUT2D eigenvalue weighted by atomic mass is 32.2. The predicted molar refractivity (Wildman–Crippen MR) is 67.2 cm³/mol. The Kier molecular flexibility index (Phi) is 3.55. The van der Waals surface area contributed by atoms with E-state index in [0.29, 0.717) is 24.6 Å². The molecule has 2 rings (SSSR count). The molecule has 1 amide bonds. The minimum atomic E-state index is -3.44. The van der Waals surface area contributed by atoms with E-state index in [1.807, 2.05) is 4.90 Å². The number of carbonyl (C=O) groups is 1. The monoisotopic (exact) mass is 291 g/mol. The normalized spacial score (nSPS) is 20.3. The average Bonchev–Trinajstić information content (AvgIpc) is 2.81. The molecule has 1 aromatic rings. The zero-order chi connectivity index (χ0) is 13.3. The maximum absolute atomic E-state index is 11.0. The van der Waals surface area contributed by atoms with Crippen LogP contribution in [0.4, 0.5) is 5.13 Å². The number of hydrogen-bond acceptors (Lipinski definition) is 7. The third kappa shape index (κ3) is 3.18. The quantitative estimate of drug-likeness (QED) is 0.770. The Bertz CT molecular complexity index is 554. The molecule has 0 aliphatic carbocycles. The lowest BCUT2D eigenvalue weighted by Crippen LogP contribution is -2.24. The van der Waals surface area contributed by atoms with Crippen LogP contribution in [0.2, 0.25) is 0 Å². The van der Waals surface area contributed by atoms with Crippen LogP contribution in [0, 0.1) is 0 Å². The summed E-state index contributed by atoms with van der Waals surface area (Å²) in [4.78, 5) is 16.9. The Morgan fingerprint density at radius 2 is 2.39 bits per heavy atom. The topological polar surface area (TPSA) is 103 Å². The van der Waals surface area contributed by atoms with Gasteiger partial charge in [-0.1, -0.05) is 0 Å². The summed E-state index contributed by atoms with van der Waals surface area (Å²) < 4.78 is 26.9. The van der Waals surface area contributed by atoms with Gasteiger partial charge in [-0.15, -0.1) is 11.3 Å². The predicted octanol–water partition coefficient (Wildman–Crippen LogP) is -0.203. The van der Waals surface area contributed by atoms with E-state index < -0.39 is 16.0 Å². The number of aromatic nitrogens is 1. The SMILES string of the molecule is CS(=O)(=O)OC1CCN(c2nc(C(N)=O)cs2)C1. The largest absolute Gasteiger partial charge is 0.364 e. The third-order valence-electron chi connectivity index (χ3n) is 2.47. The van der Waals surface area contributed by atoms with Gasteiger partial charge in [-0.2, -0.15) is 8.42 Å². The highest BCUT2D eigenvalue weighted by Gasteiger charge is 2.28. The Morgan fingerprint density at radius 3 is 2.94 bits per heavy atom. The van der Waals surface area contributed by atoms with E-state index >= 15 is 0 Å². The number of rotatable bonds is 4. The van der Waals surface area contributed by atoms with Gasteiger partial charge in [0.2, 0.25) is 0 Å². The summed E-state index contributed by atoms with van der Waals surface area (Å²) in [6.45, 7) is 1.09. The zero-order valence-electron chi connectivity index (χ0n) is 9.70. The molecule has 0 aromatic carbocycles. The van der Waals surface area contributed by atoms with Gasteiger partial charge in [-0.05, 0) is 6.42 Å². The molecular formula is C9H13N3O4S2. The van der Waals surface area contributed by atoms with Crippen molar-refractivity contribution in [3.8, 4) is 0 Å². The van der Waals surface area contributed by atoms with Crippen molar-refractivity contribution in [1.82, 2.24) is 4.98 Å². The highest BCUT2D eigenvalue weighted by molar-refractivity contribution is 7.86. The Hall–Kier alpha value is -1.19. The molecule has 9 heteroatoms. The summed E-state index contributed by atoms with van der Waals surface area (Å²) in [5.41, 5.74) is 5.34. The molecule has 1 fully saturated rings. The summed E-state index contributed by atoms with van der Waals surface area (Å²) in [5, 5.41) is 2.24. The van der Waals surface area contributed by atoms with Crippen molar-refractivity contribution in [2.75, 3.05) is 24.2 Å². The number of nitrogens with zero attached hydrogens (tertiary/aromatic N) is 2. The van der Waals surface area contributed by atoms with Gasteiger partial charge < -0.3 is 10.6 Å². The standard InChI is InChI=1S/C9H13N3O4S2/c1-18(14,15)16-6-2-3-12(4-6)9-11-7(5-17-9)8(10)13/h5-6H,2-4H2,1H3,(H2,10,13). The van der Waals surface area contributed by atoms with Crippen LogP contribution in [-0.4, -0.2) is 44.8 Å². The molecule has 1 aromatic heterocycles. The Morgan fingerprint density at radius 1 is 1.67 bits per heavy atom. The number of nitrogens with two attached hydrogens (primary N) is 1. The summed E-state index contributed by atoms with van der Waals surface area (Å²) in [7, 11) is -3.44. The smallest absolute Gasteiger partial charge is 0.268 e. The van der Waals surface area contributed by atoms with Crippen LogP contribution in [0.25, 0.3) is 0 Å². The molecule has 2 heterocycles. The van der Waals surface area contributed by atoms with Crippen LogP contribution in [0.1, 0.15) is 16.9 Å². The number of primary amides is 1. The fourth-order valence-corrected chi connectivity index (χ4v) is 3.25. The van der Waals surface area contributed by atoms with E-state index in [-0.39, 0.29) is 11.8 Å². The first kappa shape index (κ1) is 13.2. The van der Waals surface area contributed by atoms with Gasteiger partial charge in [0.1, 0.15) is 5.69 Å². The number of hydrogen-bond donors (Lipinski definition) is 1. The first-order valence-corrected chi connectivity index (χ1v) is 7.93. The second-order valence-corrected chi connectivity index (χ2v) is 6.47. The first-order chi connectivity index (χ1) is 8.35. The molecule has 100 valence electrons. The summed E-state index contributed by atoms with van der Waals surface area (Å²) in [6.07, 6.45) is 1.28. The molecule has 18 heavy (non-hydrogen) atoms. The van der Waals surface area contributed by atoms with Crippen LogP contribution < -0.4 is 10.6 Å². The van der Waals surface area contributed by atoms with Crippen LogP contribution >= 0.6 is 11.3 Å². The number of carbonyl (C=O) groups excluding carboxylic acids is 1. The van der Waals surface area contributed by atoms with Crippen molar-refractivity contribution in [3.05, 3.63) is 11.1 Å². The van der Waals surface area contributed by atoms with E-state index in [1.54, 1.807) is 5.38 Å². The maximum atomic E-state index is 11.0. The van der Waals surface area contributed by atoms with E-state index in [4.69, 9.17) is 9.92 Å². The molecule has 1 saturated heterocycles. The Labute approximate surface area is 109 Å². The van der Waals surface area contributed by atoms with Gasteiger partial charge >= 0.3 is 0 Å².